The first-order chi connectivity index (χ1) is 13.5. The van der Waals surface area contributed by atoms with Gasteiger partial charge in [-0.05, 0) is 42.0 Å². The highest BCUT2D eigenvalue weighted by atomic mass is 32.2. The molecular weight excluding hydrogens is 382 g/mol. The topological polar surface area (TPSA) is 125 Å². The molecule has 0 saturated heterocycles. The molecule has 0 spiro atoms. The van der Waals surface area contributed by atoms with E-state index >= 15 is 0 Å². The first-order valence-corrected chi connectivity index (χ1v) is 9.06. The number of thioether (sulfide) groups is 1. The van der Waals surface area contributed by atoms with Crippen LogP contribution in [0.15, 0.2) is 52.9 Å². The van der Waals surface area contributed by atoms with Crippen LogP contribution in [0.4, 0.5) is 11.4 Å². The molecule has 0 radical (unpaired) electrons. The molecule has 2 aromatic carbocycles. The van der Waals surface area contributed by atoms with Crippen molar-refractivity contribution in [2.45, 2.75) is 4.90 Å². The number of aliphatic hydroxyl groups excluding tert-OH is 1. The first kappa shape index (κ1) is 21.0. The molecule has 1 amide bonds. The molecule has 0 fully saturated rings. The van der Waals surface area contributed by atoms with Gasteiger partial charge in [-0.2, -0.15) is 5.26 Å². The van der Waals surface area contributed by atoms with E-state index in [4.69, 9.17) is 9.84 Å². The molecule has 2 N–H and O–H groups in total. The Morgan fingerprint density at radius 2 is 2.07 bits per heavy atom. The van der Waals surface area contributed by atoms with Crippen molar-refractivity contribution in [3.05, 3.63) is 63.7 Å². The largest absolute Gasteiger partial charge is 0.497 e. The van der Waals surface area contributed by atoms with Crippen molar-refractivity contribution in [2.24, 2.45) is 0 Å². The van der Waals surface area contributed by atoms with Crippen LogP contribution in [0.3, 0.4) is 0 Å². The maximum absolute atomic E-state index is 12.3. The summed E-state index contributed by atoms with van der Waals surface area (Å²) >= 11 is 1.15. The molecule has 0 bridgehead atoms. The maximum atomic E-state index is 12.3. The molecule has 0 aromatic heterocycles. The van der Waals surface area contributed by atoms with E-state index < -0.39 is 10.8 Å². The fraction of sp³-hybridized carbons (Fsp3) is 0.158. The predicted octanol–water partition coefficient (Wildman–Crippen LogP) is 3.23. The van der Waals surface area contributed by atoms with Crippen LogP contribution in [0.25, 0.3) is 6.08 Å². The van der Waals surface area contributed by atoms with Crippen LogP contribution in [-0.2, 0) is 4.79 Å². The highest BCUT2D eigenvalue weighted by molar-refractivity contribution is 7.99. The van der Waals surface area contributed by atoms with Gasteiger partial charge in [0.2, 0.25) is 0 Å². The van der Waals surface area contributed by atoms with E-state index in [2.05, 4.69) is 5.32 Å². The number of methoxy groups -OCH3 is 1. The number of carbonyl (C=O) groups excluding carboxylic acids is 1. The van der Waals surface area contributed by atoms with Crippen LogP contribution in [0, 0.1) is 21.4 Å². The van der Waals surface area contributed by atoms with Gasteiger partial charge in [0.15, 0.2) is 0 Å². The monoisotopic (exact) mass is 399 g/mol. The van der Waals surface area contributed by atoms with Gasteiger partial charge in [-0.15, -0.1) is 11.8 Å². The number of nitro benzene ring substituents is 1. The van der Waals surface area contributed by atoms with Crippen LogP contribution in [-0.4, -0.2) is 35.4 Å². The van der Waals surface area contributed by atoms with Crippen molar-refractivity contribution >= 4 is 35.1 Å². The first-order valence-electron chi connectivity index (χ1n) is 8.07. The van der Waals surface area contributed by atoms with E-state index in [1.54, 1.807) is 36.4 Å². The summed E-state index contributed by atoms with van der Waals surface area (Å²) in [4.78, 5) is 23.5. The van der Waals surface area contributed by atoms with Crippen molar-refractivity contribution in [3.8, 4) is 11.8 Å². The van der Waals surface area contributed by atoms with E-state index in [9.17, 15) is 20.2 Å². The van der Waals surface area contributed by atoms with Gasteiger partial charge in [-0.1, -0.05) is 6.07 Å². The Hall–Kier alpha value is -3.35. The summed E-state index contributed by atoms with van der Waals surface area (Å²) in [5.41, 5.74) is 0.482. The summed E-state index contributed by atoms with van der Waals surface area (Å²) in [5, 5.41) is 32.1. The molecule has 2 aromatic rings. The Morgan fingerprint density at radius 1 is 1.36 bits per heavy atom. The molecule has 0 aliphatic heterocycles. The lowest BCUT2D eigenvalue weighted by atomic mass is 10.1. The van der Waals surface area contributed by atoms with Gasteiger partial charge in [0.05, 0.1) is 23.5 Å². The van der Waals surface area contributed by atoms with Crippen LogP contribution >= 0.6 is 11.8 Å². The second-order valence-electron chi connectivity index (χ2n) is 5.41. The summed E-state index contributed by atoms with van der Waals surface area (Å²) in [5.74, 6) is 0.318. The van der Waals surface area contributed by atoms with Gasteiger partial charge in [0.1, 0.15) is 17.4 Å². The lowest BCUT2D eigenvalue weighted by Gasteiger charge is -2.06. The Bertz CT molecular complexity index is 936. The average Bonchev–Trinajstić information content (AvgIpc) is 2.71. The van der Waals surface area contributed by atoms with Crippen molar-refractivity contribution in [3.63, 3.8) is 0 Å². The van der Waals surface area contributed by atoms with E-state index in [1.807, 2.05) is 0 Å². The minimum atomic E-state index is -0.631. The average molecular weight is 399 g/mol. The number of anilines is 1. The van der Waals surface area contributed by atoms with E-state index in [1.165, 1.54) is 25.3 Å². The fourth-order valence-corrected chi connectivity index (χ4v) is 2.99. The molecule has 0 atom stereocenters. The molecule has 0 unspecified atom stereocenters. The molecule has 144 valence electrons. The number of rotatable bonds is 8. The number of nitriles is 1. The smallest absolute Gasteiger partial charge is 0.283 e. The molecule has 0 heterocycles. The minimum Gasteiger partial charge on any atom is -0.497 e. The molecule has 2 rings (SSSR count). The zero-order valence-corrected chi connectivity index (χ0v) is 15.7. The molecule has 8 nitrogen and oxygen atoms in total. The lowest BCUT2D eigenvalue weighted by Crippen LogP contribution is -2.13. The van der Waals surface area contributed by atoms with Crippen LogP contribution in [0.1, 0.15) is 5.56 Å². The lowest BCUT2D eigenvalue weighted by molar-refractivity contribution is -0.387. The molecule has 9 heteroatoms. The number of aliphatic hydroxyl groups is 1. The Balaban J connectivity index is 2.24. The number of carbonyl (C=O) groups is 1. The third-order valence-corrected chi connectivity index (χ3v) is 4.60. The van der Waals surface area contributed by atoms with E-state index in [-0.39, 0.29) is 17.9 Å². The molecule has 28 heavy (non-hydrogen) atoms. The molecular formula is C19H17N3O5S. The fourth-order valence-electron chi connectivity index (χ4n) is 2.23. The molecule has 0 saturated carbocycles. The number of hydrogen-bond donors (Lipinski definition) is 2. The van der Waals surface area contributed by atoms with Crippen molar-refractivity contribution in [1.29, 1.82) is 5.26 Å². The van der Waals surface area contributed by atoms with Crippen LogP contribution in [0.2, 0.25) is 0 Å². The van der Waals surface area contributed by atoms with Crippen molar-refractivity contribution in [2.75, 3.05) is 24.8 Å². The van der Waals surface area contributed by atoms with Gasteiger partial charge < -0.3 is 15.2 Å². The number of benzene rings is 2. The standard InChI is InChI=1S/C19H17N3O5S/c1-27-16-5-3-15(4-6-16)21-19(24)14(12-20)10-13-2-7-18(28-9-8-23)17(11-13)22(25)26/h2-7,10-11,23H,8-9H2,1H3,(H,21,24). The van der Waals surface area contributed by atoms with Crippen molar-refractivity contribution < 1.29 is 19.6 Å². The zero-order chi connectivity index (χ0) is 20.5. The van der Waals surface area contributed by atoms with E-state index in [0.29, 0.717) is 27.6 Å². The minimum absolute atomic E-state index is 0.104. The number of nitro groups is 1. The van der Waals surface area contributed by atoms with Gasteiger partial charge in [0.25, 0.3) is 11.6 Å². The molecule has 0 aliphatic carbocycles. The summed E-state index contributed by atoms with van der Waals surface area (Å²) in [6, 6.07) is 12.8. The van der Waals surface area contributed by atoms with Crippen LogP contribution in [0.5, 0.6) is 5.75 Å². The molecule has 0 aliphatic rings. The number of nitrogens with one attached hydrogen (secondary N) is 1. The third-order valence-electron chi connectivity index (χ3n) is 3.55. The predicted molar refractivity (Wildman–Crippen MR) is 106 cm³/mol. The number of ether oxygens (including phenoxy) is 1. The number of hydrogen-bond acceptors (Lipinski definition) is 7. The van der Waals surface area contributed by atoms with E-state index in [0.717, 1.165) is 11.8 Å². The zero-order valence-electron chi connectivity index (χ0n) is 14.9. The maximum Gasteiger partial charge on any atom is 0.283 e. The van der Waals surface area contributed by atoms with Gasteiger partial charge in [0, 0.05) is 17.5 Å². The van der Waals surface area contributed by atoms with Gasteiger partial charge in [-0.3, -0.25) is 14.9 Å². The van der Waals surface area contributed by atoms with Gasteiger partial charge in [-0.25, -0.2) is 0 Å². The quantitative estimate of drug-likeness (QED) is 0.229. The van der Waals surface area contributed by atoms with Crippen LogP contribution < -0.4 is 10.1 Å². The third kappa shape index (κ3) is 5.57. The second-order valence-corrected chi connectivity index (χ2v) is 6.55. The van der Waals surface area contributed by atoms with Crippen molar-refractivity contribution in [1.82, 2.24) is 0 Å². The summed E-state index contributed by atoms with van der Waals surface area (Å²) in [7, 11) is 1.52. The normalized spacial score (nSPS) is 10.8. The number of nitrogens with zero attached hydrogens (tertiary/aromatic N) is 2. The van der Waals surface area contributed by atoms with Gasteiger partial charge >= 0.3 is 0 Å². The highest BCUT2D eigenvalue weighted by Crippen LogP contribution is 2.30. The Kier molecular flexibility index (Phi) is 7.56. The summed E-state index contributed by atoms with van der Waals surface area (Å²) < 4.78 is 5.04. The Morgan fingerprint density at radius 3 is 2.64 bits per heavy atom. The number of amides is 1. The Labute approximate surface area is 165 Å². The summed E-state index contributed by atoms with van der Waals surface area (Å²) in [6.45, 7) is -0.104. The summed E-state index contributed by atoms with van der Waals surface area (Å²) in [6.07, 6.45) is 1.28. The highest BCUT2D eigenvalue weighted by Gasteiger charge is 2.16. The SMILES string of the molecule is COc1ccc(NC(=O)C(C#N)=Cc2ccc(SCCO)c([N+](=O)[O-])c2)cc1. The second kappa shape index (κ2) is 10.1.